The van der Waals surface area contributed by atoms with Gasteiger partial charge < -0.3 is 14.7 Å². The van der Waals surface area contributed by atoms with E-state index in [0.29, 0.717) is 25.3 Å². The highest BCUT2D eigenvalue weighted by molar-refractivity contribution is 5.80. The molecule has 0 aromatic heterocycles. The van der Waals surface area contributed by atoms with Crippen molar-refractivity contribution in [3.05, 3.63) is 0 Å². The molecule has 2 rings (SSSR count). The van der Waals surface area contributed by atoms with Gasteiger partial charge in [-0.1, -0.05) is 6.92 Å². The van der Waals surface area contributed by atoms with Crippen molar-refractivity contribution in [3.8, 4) is 0 Å². The van der Waals surface area contributed by atoms with Crippen LogP contribution in [0, 0.1) is 5.92 Å². The van der Waals surface area contributed by atoms with E-state index in [9.17, 15) is 9.59 Å². The number of Topliss-reactive ketones (excluding diaryl/α,β-unsaturated/α-hetero) is 1. The van der Waals surface area contributed by atoms with E-state index in [1.165, 1.54) is 0 Å². The van der Waals surface area contributed by atoms with Crippen LogP contribution in [0.4, 0.5) is 0 Å². The summed E-state index contributed by atoms with van der Waals surface area (Å²) in [6.45, 7) is 2.88. The number of aliphatic hydroxyl groups is 1. The van der Waals surface area contributed by atoms with Crippen LogP contribution in [0.25, 0.3) is 0 Å². The zero-order valence-corrected chi connectivity index (χ0v) is 12.9. The van der Waals surface area contributed by atoms with Crippen molar-refractivity contribution in [1.29, 1.82) is 0 Å². The molecule has 0 unspecified atom stereocenters. The van der Waals surface area contributed by atoms with Crippen LogP contribution in [0.3, 0.4) is 0 Å². The summed E-state index contributed by atoms with van der Waals surface area (Å²) in [7, 11) is 0. The minimum absolute atomic E-state index is 0.188. The van der Waals surface area contributed by atoms with Crippen molar-refractivity contribution in [1.82, 2.24) is 4.90 Å². The lowest BCUT2D eigenvalue weighted by atomic mass is 9.84. The summed E-state index contributed by atoms with van der Waals surface area (Å²) in [6, 6.07) is 0. The van der Waals surface area contributed by atoms with Gasteiger partial charge in [0, 0.05) is 25.4 Å². The van der Waals surface area contributed by atoms with Gasteiger partial charge in [-0.15, -0.1) is 0 Å². The van der Waals surface area contributed by atoms with Gasteiger partial charge in [0.15, 0.2) is 0 Å². The monoisotopic (exact) mass is 297 g/mol. The van der Waals surface area contributed by atoms with Gasteiger partial charge in [0.1, 0.15) is 12.4 Å². The number of ether oxygens (including phenoxy) is 1. The number of carbonyl (C=O) groups excluding carboxylic acids is 2. The first-order valence-corrected chi connectivity index (χ1v) is 8.20. The molecule has 120 valence electrons. The standard InChI is InChI=1S/C16H27NO4/c1-2-15(19)12-3-5-13(6-4-12)21-14-7-9-17(10-8-14)16(20)11-18/h12-14,18H,2-11H2,1H3. The van der Waals surface area contributed by atoms with E-state index in [4.69, 9.17) is 9.84 Å². The fourth-order valence-electron chi connectivity index (χ4n) is 3.42. The predicted molar refractivity (Wildman–Crippen MR) is 78.8 cm³/mol. The SMILES string of the molecule is CCC(=O)C1CCC(OC2CCN(C(=O)CO)CC2)CC1. The summed E-state index contributed by atoms with van der Waals surface area (Å²) in [5, 5.41) is 8.85. The molecule has 0 radical (unpaired) electrons. The first kappa shape index (κ1) is 16.4. The topological polar surface area (TPSA) is 66.8 Å². The number of likely N-dealkylation sites (tertiary alicyclic amines) is 1. The molecule has 1 N–H and O–H groups in total. The molecule has 5 nitrogen and oxygen atoms in total. The third-order valence-corrected chi connectivity index (χ3v) is 4.79. The van der Waals surface area contributed by atoms with Gasteiger partial charge in [-0.2, -0.15) is 0 Å². The third-order valence-electron chi connectivity index (χ3n) is 4.79. The average molecular weight is 297 g/mol. The number of piperidine rings is 1. The Bertz CT molecular complexity index is 321. The molecule has 0 spiro atoms. The molecule has 21 heavy (non-hydrogen) atoms. The lowest BCUT2D eigenvalue weighted by molar-refractivity contribution is -0.138. The summed E-state index contributed by atoms with van der Waals surface area (Å²) in [4.78, 5) is 24.8. The van der Waals surface area contributed by atoms with Crippen molar-refractivity contribution in [2.75, 3.05) is 19.7 Å². The highest BCUT2D eigenvalue weighted by atomic mass is 16.5. The summed E-state index contributed by atoms with van der Waals surface area (Å²) < 4.78 is 6.14. The molecule has 2 fully saturated rings. The summed E-state index contributed by atoms with van der Waals surface area (Å²) >= 11 is 0. The fraction of sp³-hybridized carbons (Fsp3) is 0.875. The van der Waals surface area contributed by atoms with Gasteiger partial charge in [-0.05, 0) is 38.5 Å². The van der Waals surface area contributed by atoms with Gasteiger partial charge in [0.25, 0.3) is 0 Å². The van der Waals surface area contributed by atoms with Crippen LogP contribution in [0.2, 0.25) is 0 Å². The summed E-state index contributed by atoms with van der Waals surface area (Å²) in [5.74, 6) is 0.454. The van der Waals surface area contributed by atoms with Gasteiger partial charge >= 0.3 is 0 Å². The fourth-order valence-corrected chi connectivity index (χ4v) is 3.42. The van der Waals surface area contributed by atoms with Crippen LogP contribution < -0.4 is 0 Å². The van der Waals surface area contributed by atoms with Crippen LogP contribution in [0.1, 0.15) is 51.9 Å². The number of ketones is 1. The Morgan fingerprint density at radius 2 is 1.62 bits per heavy atom. The van der Waals surface area contributed by atoms with Gasteiger partial charge in [0.05, 0.1) is 12.2 Å². The summed E-state index contributed by atoms with van der Waals surface area (Å²) in [6.07, 6.45) is 6.70. The van der Waals surface area contributed by atoms with Crippen molar-refractivity contribution in [2.24, 2.45) is 5.92 Å². The number of hydrogen-bond acceptors (Lipinski definition) is 4. The minimum Gasteiger partial charge on any atom is -0.387 e. The van der Waals surface area contributed by atoms with E-state index in [-0.39, 0.29) is 24.0 Å². The number of carbonyl (C=O) groups is 2. The first-order valence-electron chi connectivity index (χ1n) is 8.20. The van der Waals surface area contributed by atoms with E-state index in [1.54, 1.807) is 4.90 Å². The highest BCUT2D eigenvalue weighted by Gasteiger charge is 2.29. The Morgan fingerprint density at radius 3 is 2.14 bits per heavy atom. The van der Waals surface area contributed by atoms with Crippen LogP contribution in [0.15, 0.2) is 0 Å². The molecule has 0 bridgehead atoms. The average Bonchev–Trinajstić information content (AvgIpc) is 2.55. The molecule has 1 amide bonds. The van der Waals surface area contributed by atoms with Crippen molar-refractivity contribution < 1.29 is 19.4 Å². The van der Waals surface area contributed by atoms with Crippen molar-refractivity contribution in [3.63, 3.8) is 0 Å². The van der Waals surface area contributed by atoms with E-state index >= 15 is 0 Å². The lowest BCUT2D eigenvalue weighted by Crippen LogP contribution is -2.43. The number of amides is 1. The molecule has 1 saturated heterocycles. The molecule has 0 aromatic carbocycles. The Balaban J connectivity index is 1.68. The normalized spacial score (nSPS) is 27.6. The van der Waals surface area contributed by atoms with Crippen LogP contribution in [-0.2, 0) is 14.3 Å². The third kappa shape index (κ3) is 4.51. The molecule has 1 aliphatic heterocycles. The molecular weight excluding hydrogens is 270 g/mol. The second-order valence-electron chi connectivity index (χ2n) is 6.17. The second kappa shape index (κ2) is 7.90. The number of rotatable bonds is 5. The highest BCUT2D eigenvalue weighted by Crippen LogP contribution is 2.29. The zero-order valence-electron chi connectivity index (χ0n) is 12.9. The predicted octanol–water partition coefficient (Wildman–Crippen LogP) is 1.52. The van der Waals surface area contributed by atoms with E-state index in [2.05, 4.69) is 0 Å². The molecule has 5 heteroatoms. The largest absolute Gasteiger partial charge is 0.387 e. The Labute approximate surface area is 126 Å². The van der Waals surface area contributed by atoms with Crippen LogP contribution >= 0.6 is 0 Å². The summed E-state index contributed by atoms with van der Waals surface area (Å²) in [5.41, 5.74) is 0. The lowest BCUT2D eigenvalue weighted by Gasteiger charge is -2.35. The van der Waals surface area contributed by atoms with Crippen molar-refractivity contribution >= 4 is 11.7 Å². The maximum Gasteiger partial charge on any atom is 0.248 e. The molecule has 2 aliphatic rings. The molecule has 1 heterocycles. The van der Waals surface area contributed by atoms with E-state index in [1.807, 2.05) is 6.92 Å². The zero-order chi connectivity index (χ0) is 15.2. The minimum atomic E-state index is -0.402. The second-order valence-corrected chi connectivity index (χ2v) is 6.17. The molecule has 0 atom stereocenters. The molecule has 1 saturated carbocycles. The number of aliphatic hydroxyl groups excluding tert-OH is 1. The number of hydrogen-bond donors (Lipinski definition) is 1. The van der Waals surface area contributed by atoms with E-state index < -0.39 is 6.61 Å². The maximum atomic E-state index is 11.7. The molecular formula is C16H27NO4. The van der Waals surface area contributed by atoms with Gasteiger partial charge in [0.2, 0.25) is 5.91 Å². The van der Waals surface area contributed by atoms with Gasteiger partial charge in [-0.25, -0.2) is 0 Å². The van der Waals surface area contributed by atoms with Crippen LogP contribution in [0.5, 0.6) is 0 Å². The Morgan fingerprint density at radius 1 is 1.05 bits per heavy atom. The number of nitrogens with zero attached hydrogens (tertiary/aromatic N) is 1. The van der Waals surface area contributed by atoms with Crippen LogP contribution in [-0.4, -0.2) is 53.6 Å². The molecule has 0 aromatic rings. The smallest absolute Gasteiger partial charge is 0.248 e. The maximum absolute atomic E-state index is 11.7. The van der Waals surface area contributed by atoms with E-state index in [0.717, 1.165) is 38.5 Å². The van der Waals surface area contributed by atoms with Gasteiger partial charge in [-0.3, -0.25) is 9.59 Å². The molecule has 1 aliphatic carbocycles. The van der Waals surface area contributed by atoms with Crippen molar-refractivity contribution in [2.45, 2.75) is 64.1 Å². The first-order chi connectivity index (χ1) is 10.1. The Kier molecular flexibility index (Phi) is 6.18. The quantitative estimate of drug-likeness (QED) is 0.835. The Hall–Kier alpha value is -0.940.